The van der Waals surface area contributed by atoms with Gasteiger partial charge in [0.25, 0.3) is 0 Å². The fourth-order valence-electron chi connectivity index (χ4n) is 5.88. The molecule has 0 saturated carbocycles. The van der Waals surface area contributed by atoms with Crippen molar-refractivity contribution in [2.24, 2.45) is 15.4 Å². The predicted octanol–water partition coefficient (Wildman–Crippen LogP) is 11.7. The van der Waals surface area contributed by atoms with E-state index in [1.807, 2.05) is 46.0 Å². The van der Waals surface area contributed by atoms with E-state index in [9.17, 15) is 13.6 Å². The third kappa shape index (κ3) is 23.7. The lowest BCUT2D eigenvalue weighted by atomic mass is 9.90. The topological polar surface area (TPSA) is 106 Å². The molecule has 0 aromatic heterocycles. The number of halogens is 3. The lowest BCUT2D eigenvalue weighted by molar-refractivity contribution is -0.105. The molecular formula is C48H70ClF2N5O5. The average Bonchev–Trinajstić information content (AvgIpc) is 3.21. The van der Waals surface area contributed by atoms with E-state index in [0.717, 1.165) is 98.0 Å². The molecule has 338 valence electrons. The number of amides is 1. The second-order valence-corrected chi connectivity index (χ2v) is 15.7. The van der Waals surface area contributed by atoms with E-state index >= 15 is 0 Å². The number of rotatable bonds is 23. The lowest BCUT2D eigenvalue weighted by Gasteiger charge is -2.28. The number of nitrogens with one attached hydrogen (secondary N) is 2. The quantitative estimate of drug-likeness (QED) is 0.0377. The molecule has 2 aromatic carbocycles. The van der Waals surface area contributed by atoms with Crippen LogP contribution in [0.25, 0.3) is 0 Å². The minimum atomic E-state index is -0.414. The van der Waals surface area contributed by atoms with Gasteiger partial charge in [-0.15, -0.1) is 0 Å². The minimum Gasteiger partial charge on any atom is -0.497 e. The SMILES string of the molecule is C=NC=NC/C1=C/C(OCCCN(CC)CCC(C)(C)COC)=C(/OC)CCC=C1CCOc1ccc(NC)c(Cl)c1.CC(C)=C/C=C(\C)F.Cc1ccc(F)c(NC=O)c1. The van der Waals surface area contributed by atoms with Gasteiger partial charge in [0.05, 0.1) is 55.7 Å². The minimum absolute atomic E-state index is 0.147. The van der Waals surface area contributed by atoms with Crippen molar-refractivity contribution in [3.05, 3.63) is 111 Å². The van der Waals surface area contributed by atoms with Crippen LogP contribution in [0, 0.1) is 18.2 Å². The third-order valence-electron chi connectivity index (χ3n) is 9.22. The van der Waals surface area contributed by atoms with Crippen LogP contribution in [0.1, 0.15) is 79.2 Å². The molecular weight excluding hydrogens is 800 g/mol. The zero-order valence-corrected chi connectivity index (χ0v) is 38.9. The number of carbonyl (C=O) groups is 1. The molecule has 0 spiro atoms. The van der Waals surface area contributed by atoms with Gasteiger partial charge in [-0.05, 0) is 125 Å². The van der Waals surface area contributed by atoms with Crippen molar-refractivity contribution in [3.8, 4) is 5.75 Å². The molecule has 2 N–H and O–H groups in total. The van der Waals surface area contributed by atoms with Gasteiger partial charge in [0.1, 0.15) is 23.7 Å². The number of aliphatic imine (C=N–C) groups is 2. The molecule has 0 aliphatic heterocycles. The second kappa shape index (κ2) is 31.1. The van der Waals surface area contributed by atoms with Crippen LogP contribution >= 0.6 is 11.6 Å². The van der Waals surface area contributed by atoms with Gasteiger partial charge in [0, 0.05) is 39.6 Å². The molecule has 0 unspecified atom stereocenters. The fourth-order valence-corrected chi connectivity index (χ4v) is 6.14. The molecule has 0 saturated heterocycles. The van der Waals surface area contributed by atoms with Crippen LogP contribution in [-0.2, 0) is 19.0 Å². The largest absolute Gasteiger partial charge is 0.497 e. The number of hydrogen-bond donors (Lipinski definition) is 2. The van der Waals surface area contributed by atoms with Crippen LogP contribution in [0.15, 0.2) is 105 Å². The molecule has 13 heteroatoms. The van der Waals surface area contributed by atoms with Crippen molar-refractivity contribution in [3.63, 3.8) is 0 Å². The standard InChI is InChI=1S/C33H51ClN4O4.C8H8FNO.C7H11F/c1-8-38(18-16-33(2,3)24-39-6)17-10-19-42-32-21-27(23-37-25-35-4)26(11-9-12-31(32)40-7)15-20-41-28-13-14-30(36-5)29(34)22-28;1-6-2-3-7(9)8(4-6)10-5-11;1-6(2)4-5-7(3)8/h11,13-14,21-22,25,36H,4,8-10,12,15-20,23-24H2,1-3,5-7H3;2-5H,1H3,(H,10,11);4-5H,1-3H3/b26-11?,27-21-,32-31-,37-25?;;7-5+. The van der Waals surface area contributed by atoms with Gasteiger partial charge in [-0.25, -0.2) is 8.78 Å². The van der Waals surface area contributed by atoms with E-state index in [-0.39, 0.29) is 16.9 Å². The maximum Gasteiger partial charge on any atom is 0.211 e. The fraction of sp³-hybridized carbons (Fsp3) is 0.479. The van der Waals surface area contributed by atoms with E-state index in [2.05, 4.69) is 65.2 Å². The van der Waals surface area contributed by atoms with Gasteiger partial charge in [-0.2, -0.15) is 0 Å². The van der Waals surface area contributed by atoms with Crippen LogP contribution in [-0.4, -0.2) is 91.6 Å². The zero-order valence-electron chi connectivity index (χ0n) is 38.1. The van der Waals surface area contributed by atoms with Crippen molar-refractivity contribution in [2.75, 3.05) is 77.9 Å². The van der Waals surface area contributed by atoms with Crippen molar-refractivity contribution in [2.45, 2.75) is 80.6 Å². The first kappa shape index (κ1) is 54.2. The first-order valence-electron chi connectivity index (χ1n) is 20.6. The Bertz CT molecular complexity index is 1800. The summed E-state index contributed by atoms with van der Waals surface area (Å²) in [6.07, 6.45) is 13.8. The van der Waals surface area contributed by atoms with E-state index in [1.165, 1.54) is 31.0 Å². The summed E-state index contributed by atoms with van der Waals surface area (Å²) < 4.78 is 48.2. The third-order valence-corrected chi connectivity index (χ3v) is 9.53. The molecule has 61 heavy (non-hydrogen) atoms. The highest BCUT2D eigenvalue weighted by atomic mass is 35.5. The maximum atomic E-state index is 12.7. The summed E-state index contributed by atoms with van der Waals surface area (Å²) in [7, 11) is 5.32. The Hall–Kier alpha value is -4.78. The molecule has 1 amide bonds. The Morgan fingerprint density at radius 1 is 1.03 bits per heavy atom. The van der Waals surface area contributed by atoms with Gasteiger partial charge in [-0.3, -0.25) is 14.8 Å². The van der Waals surface area contributed by atoms with Gasteiger partial charge in [0.2, 0.25) is 6.41 Å². The van der Waals surface area contributed by atoms with Gasteiger partial charge in [-0.1, -0.05) is 56.2 Å². The van der Waals surface area contributed by atoms with Crippen molar-refractivity contribution in [1.29, 1.82) is 0 Å². The summed E-state index contributed by atoms with van der Waals surface area (Å²) in [5.41, 5.74) is 5.49. The number of benzene rings is 2. The number of nitrogens with zero attached hydrogens (tertiary/aromatic N) is 3. The maximum absolute atomic E-state index is 12.7. The number of ether oxygens (including phenoxy) is 4. The van der Waals surface area contributed by atoms with Crippen LogP contribution in [0.5, 0.6) is 5.75 Å². The zero-order chi connectivity index (χ0) is 45.6. The second-order valence-electron chi connectivity index (χ2n) is 15.3. The van der Waals surface area contributed by atoms with Crippen LogP contribution in [0.3, 0.4) is 0 Å². The number of aryl methyl sites for hydroxylation is 1. The van der Waals surface area contributed by atoms with E-state index in [4.69, 9.17) is 30.5 Å². The van der Waals surface area contributed by atoms with Crippen LogP contribution in [0.4, 0.5) is 20.2 Å². The monoisotopic (exact) mass is 870 g/mol. The smallest absolute Gasteiger partial charge is 0.211 e. The van der Waals surface area contributed by atoms with Gasteiger partial charge in [0.15, 0.2) is 5.76 Å². The molecule has 3 rings (SSSR count). The molecule has 0 heterocycles. The Labute approximate surface area is 369 Å². The molecule has 10 nitrogen and oxygen atoms in total. The highest BCUT2D eigenvalue weighted by molar-refractivity contribution is 6.33. The first-order valence-corrected chi connectivity index (χ1v) is 21.0. The number of hydrogen-bond acceptors (Lipinski definition) is 8. The predicted molar refractivity (Wildman–Crippen MR) is 252 cm³/mol. The molecule has 0 radical (unpaired) electrons. The van der Waals surface area contributed by atoms with Gasteiger partial charge < -0.3 is 34.5 Å². The van der Waals surface area contributed by atoms with Crippen LogP contribution < -0.4 is 15.4 Å². The van der Waals surface area contributed by atoms with Crippen molar-refractivity contribution < 1.29 is 32.5 Å². The molecule has 0 bridgehead atoms. The average molecular weight is 871 g/mol. The van der Waals surface area contributed by atoms with Gasteiger partial charge >= 0.3 is 0 Å². The molecule has 0 fully saturated rings. The summed E-state index contributed by atoms with van der Waals surface area (Å²) in [6, 6.07) is 10.2. The highest BCUT2D eigenvalue weighted by Gasteiger charge is 2.19. The van der Waals surface area contributed by atoms with E-state index in [1.54, 1.807) is 32.4 Å². The Morgan fingerprint density at radius 2 is 1.79 bits per heavy atom. The Kier molecular flexibility index (Phi) is 27.7. The molecule has 0 atom stereocenters. The molecule has 1 aliphatic rings. The van der Waals surface area contributed by atoms with Crippen molar-refractivity contribution in [1.82, 2.24) is 4.90 Å². The Balaban J connectivity index is 0.000000798. The van der Waals surface area contributed by atoms with Crippen molar-refractivity contribution >= 4 is 42.4 Å². The molecule has 2 aromatic rings. The summed E-state index contributed by atoms with van der Waals surface area (Å²) in [4.78, 5) is 20.7. The van der Waals surface area contributed by atoms with Crippen LogP contribution in [0.2, 0.25) is 5.02 Å². The Morgan fingerprint density at radius 3 is 2.38 bits per heavy atom. The lowest BCUT2D eigenvalue weighted by Crippen LogP contribution is -2.31. The molecule has 1 aliphatic carbocycles. The van der Waals surface area contributed by atoms with E-state index < -0.39 is 5.82 Å². The first-order chi connectivity index (χ1) is 29.1. The number of methoxy groups -OCH3 is 2. The summed E-state index contributed by atoms with van der Waals surface area (Å²) >= 11 is 6.33. The summed E-state index contributed by atoms with van der Waals surface area (Å²) in [6.45, 7) is 22.7. The summed E-state index contributed by atoms with van der Waals surface area (Å²) in [5.74, 6) is 1.78. The normalized spacial score (nSPS) is 15.1. The van der Waals surface area contributed by atoms with E-state index in [0.29, 0.717) is 31.2 Å². The number of anilines is 2. The number of allylic oxidation sites excluding steroid dienone is 7. The summed E-state index contributed by atoms with van der Waals surface area (Å²) in [5, 5.41) is 5.95. The number of carbonyl (C=O) groups excluding carboxylic acids is 1. The highest BCUT2D eigenvalue weighted by Crippen LogP contribution is 2.29.